The quantitative estimate of drug-likeness (QED) is 0.451. The fourth-order valence-electron chi connectivity index (χ4n) is 0.505. The SMILES string of the molecule is CN(C)C(=O)ON=C1COCS1. The van der Waals surface area contributed by atoms with E-state index in [1.54, 1.807) is 14.1 Å². The van der Waals surface area contributed by atoms with Crippen molar-refractivity contribution in [3.8, 4) is 0 Å². The Labute approximate surface area is 74.7 Å². The number of nitrogens with zero attached hydrogens (tertiary/aromatic N) is 2. The van der Waals surface area contributed by atoms with Gasteiger partial charge in [0, 0.05) is 14.1 Å². The first-order chi connectivity index (χ1) is 5.70. The lowest BCUT2D eigenvalue weighted by Crippen LogP contribution is -2.21. The van der Waals surface area contributed by atoms with E-state index in [1.807, 2.05) is 0 Å². The van der Waals surface area contributed by atoms with Crippen LogP contribution in [-0.4, -0.2) is 42.7 Å². The molecule has 12 heavy (non-hydrogen) atoms. The lowest BCUT2D eigenvalue weighted by atomic mass is 10.8. The van der Waals surface area contributed by atoms with Gasteiger partial charge in [-0.05, 0) is 0 Å². The first-order valence-corrected chi connectivity index (χ1v) is 4.34. The maximum Gasteiger partial charge on any atom is 0.435 e. The highest BCUT2D eigenvalue weighted by Crippen LogP contribution is 2.13. The minimum Gasteiger partial charge on any atom is -0.363 e. The highest BCUT2D eigenvalue weighted by molar-refractivity contribution is 8.14. The molecule has 5 nitrogen and oxygen atoms in total. The number of ether oxygens (including phenoxy) is 1. The van der Waals surface area contributed by atoms with Gasteiger partial charge in [-0.2, -0.15) is 0 Å². The van der Waals surface area contributed by atoms with E-state index in [4.69, 9.17) is 4.74 Å². The van der Waals surface area contributed by atoms with Crippen LogP contribution in [0.1, 0.15) is 0 Å². The molecule has 0 spiro atoms. The number of thioether (sulfide) groups is 1. The van der Waals surface area contributed by atoms with Gasteiger partial charge in [0.05, 0.1) is 12.5 Å². The summed E-state index contributed by atoms with van der Waals surface area (Å²) in [6, 6.07) is 0. The summed E-state index contributed by atoms with van der Waals surface area (Å²) in [4.78, 5) is 16.7. The fraction of sp³-hybridized carbons (Fsp3) is 0.667. The summed E-state index contributed by atoms with van der Waals surface area (Å²) in [5, 5.41) is 4.31. The van der Waals surface area contributed by atoms with Gasteiger partial charge in [0.1, 0.15) is 5.04 Å². The number of hydrogen-bond acceptors (Lipinski definition) is 5. The zero-order valence-electron chi connectivity index (χ0n) is 6.94. The van der Waals surface area contributed by atoms with Crippen molar-refractivity contribution in [2.75, 3.05) is 26.6 Å². The second kappa shape index (κ2) is 4.32. The van der Waals surface area contributed by atoms with Crippen LogP contribution in [0, 0.1) is 0 Å². The summed E-state index contributed by atoms with van der Waals surface area (Å²) in [6.45, 7) is 0.436. The standard InChI is InChI=1S/C6H10N2O3S/c1-8(2)6(9)11-7-5-3-10-4-12-5/h3-4H2,1-2H3. The van der Waals surface area contributed by atoms with Crippen molar-refractivity contribution in [2.24, 2.45) is 5.16 Å². The molecule has 0 aromatic rings. The molecule has 0 aromatic heterocycles. The minimum absolute atomic E-state index is 0.436. The smallest absolute Gasteiger partial charge is 0.363 e. The molecule has 0 N–H and O–H groups in total. The number of rotatable bonds is 1. The number of carbonyl (C=O) groups excluding carboxylic acids is 1. The van der Waals surface area contributed by atoms with Gasteiger partial charge in [0.15, 0.2) is 0 Å². The third-order valence-corrected chi connectivity index (χ3v) is 1.94. The average Bonchev–Trinajstić information content (AvgIpc) is 2.51. The number of amides is 1. The Hall–Kier alpha value is -0.750. The highest BCUT2D eigenvalue weighted by Gasteiger charge is 2.11. The van der Waals surface area contributed by atoms with Crippen LogP contribution in [0.2, 0.25) is 0 Å². The van der Waals surface area contributed by atoms with Crippen molar-refractivity contribution in [3.63, 3.8) is 0 Å². The van der Waals surface area contributed by atoms with E-state index in [0.29, 0.717) is 17.6 Å². The van der Waals surface area contributed by atoms with E-state index in [2.05, 4.69) is 9.99 Å². The molecule has 1 rings (SSSR count). The zero-order valence-corrected chi connectivity index (χ0v) is 7.76. The molecular formula is C6H10N2O3S. The van der Waals surface area contributed by atoms with Gasteiger partial charge in [0.25, 0.3) is 0 Å². The van der Waals surface area contributed by atoms with Crippen LogP contribution in [-0.2, 0) is 9.57 Å². The lowest BCUT2D eigenvalue weighted by molar-refractivity contribution is 0.121. The molecule has 1 saturated heterocycles. The van der Waals surface area contributed by atoms with Crippen molar-refractivity contribution in [1.82, 2.24) is 4.90 Å². The topological polar surface area (TPSA) is 51.1 Å². The number of hydrogen-bond donors (Lipinski definition) is 0. The van der Waals surface area contributed by atoms with Gasteiger partial charge in [-0.3, -0.25) is 4.84 Å². The molecule has 1 fully saturated rings. The minimum atomic E-state index is -0.477. The summed E-state index contributed by atoms with van der Waals surface area (Å²) in [7, 11) is 3.20. The highest BCUT2D eigenvalue weighted by atomic mass is 32.2. The van der Waals surface area contributed by atoms with E-state index in [-0.39, 0.29) is 0 Å². The van der Waals surface area contributed by atoms with E-state index in [9.17, 15) is 4.79 Å². The van der Waals surface area contributed by atoms with Gasteiger partial charge in [-0.1, -0.05) is 16.9 Å². The predicted molar refractivity (Wildman–Crippen MR) is 46.0 cm³/mol. The molecule has 1 heterocycles. The van der Waals surface area contributed by atoms with Crippen LogP contribution in [0.3, 0.4) is 0 Å². The van der Waals surface area contributed by atoms with Crippen molar-refractivity contribution in [1.29, 1.82) is 0 Å². The Kier molecular flexibility index (Phi) is 3.36. The maximum atomic E-state index is 10.8. The second-order valence-electron chi connectivity index (χ2n) is 2.35. The summed E-state index contributed by atoms with van der Waals surface area (Å²) < 4.78 is 4.98. The van der Waals surface area contributed by atoms with Gasteiger partial charge in [-0.15, -0.1) is 0 Å². The first kappa shape index (κ1) is 9.34. The Morgan fingerprint density at radius 1 is 1.75 bits per heavy atom. The van der Waals surface area contributed by atoms with Gasteiger partial charge >= 0.3 is 6.09 Å². The monoisotopic (exact) mass is 190 g/mol. The van der Waals surface area contributed by atoms with Crippen LogP contribution in [0.4, 0.5) is 4.79 Å². The van der Waals surface area contributed by atoms with Gasteiger partial charge in [-0.25, -0.2) is 4.79 Å². The Morgan fingerprint density at radius 3 is 3.00 bits per heavy atom. The lowest BCUT2D eigenvalue weighted by Gasteiger charge is -2.05. The molecule has 0 aromatic carbocycles. The molecule has 1 aliphatic rings. The van der Waals surface area contributed by atoms with E-state index < -0.39 is 6.09 Å². The molecule has 0 atom stereocenters. The normalized spacial score (nSPS) is 19.7. The summed E-state index contributed by atoms with van der Waals surface area (Å²) in [6.07, 6.45) is -0.477. The largest absolute Gasteiger partial charge is 0.435 e. The fourth-order valence-corrected chi connectivity index (χ4v) is 1.06. The third kappa shape index (κ3) is 2.71. The van der Waals surface area contributed by atoms with E-state index in [1.165, 1.54) is 16.7 Å². The Morgan fingerprint density at radius 2 is 2.50 bits per heavy atom. The summed E-state index contributed by atoms with van der Waals surface area (Å²) >= 11 is 1.43. The molecule has 68 valence electrons. The van der Waals surface area contributed by atoms with Crippen LogP contribution < -0.4 is 0 Å². The van der Waals surface area contributed by atoms with Crippen molar-refractivity contribution < 1.29 is 14.4 Å². The average molecular weight is 190 g/mol. The Balaban J connectivity index is 2.32. The summed E-state index contributed by atoms with van der Waals surface area (Å²) in [5.74, 6) is 0.582. The zero-order chi connectivity index (χ0) is 8.97. The van der Waals surface area contributed by atoms with Gasteiger partial charge in [0.2, 0.25) is 0 Å². The number of carbonyl (C=O) groups is 1. The molecule has 1 amide bonds. The van der Waals surface area contributed by atoms with Crippen LogP contribution in [0.25, 0.3) is 0 Å². The molecule has 0 saturated carbocycles. The number of oxime groups is 1. The molecule has 1 aliphatic heterocycles. The third-order valence-electron chi connectivity index (χ3n) is 1.13. The van der Waals surface area contributed by atoms with E-state index >= 15 is 0 Å². The van der Waals surface area contributed by atoms with Crippen LogP contribution in [0.5, 0.6) is 0 Å². The molecule has 0 aliphatic carbocycles. The second-order valence-corrected chi connectivity index (χ2v) is 3.34. The maximum absolute atomic E-state index is 10.8. The Bertz CT molecular complexity index is 197. The molecule has 0 radical (unpaired) electrons. The van der Waals surface area contributed by atoms with Crippen molar-refractivity contribution in [2.45, 2.75) is 0 Å². The molecular weight excluding hydrogens is 180 g/mol. The summed E-state index contributed by atoms with van der Waals surface area (Å²) in [5.41, 5.74) is 0. The van der Waals surface area contributed by atoms with Gasteiger partial charge < -0.3 is 9.64 Å². The molecule has 0 bridgehead atoms. The van der Waals surface area contributed by atoms with Crippen LogP contribution >= 0.6 is 11.8 Å². The van der Waals surface area contributed by atoms with Crippen molar-refractivity contribution in [3.05, 3.63) is 0 Å². The molecule has 0 unspecified atom stereocenters. The predicted octanol–water partition coefficient (Wildman–Crippen LogP) is 0.719. The van der Waals surface area contributed by atoms with Crippen molar-refractivity contribution >= 4 is 22.9 Å². The first-order valence-electron chi connectivity index (χ1n) is 3.36. The molecule has 6 heteroatoms. The van der Waals surface area contributed by atoms with Crippen LogP contribution in [0.15, 0.2) is 5.16 Å². The van der Waals surface area contributed by atoms with E-state index in [0.717, 1.165) is 0 Å².